The molecule has 26 heavy (non-hydrogen) atoms. The summed E-state index contributed by atoms with van der Waals surface area (Å²) in [7, 11) is 0. The van der Waals surface area contributed by atoms with E-state index in [4.69, 9.17) is 0 Å². The minimum atomic E-state index is -4.74. The number of ketones is 1. The highest BCUT2D eigenvalue weighted by Crippen LogP contribution is 2.26. The first-order chi connectivity index (χ1) is 12.3. The van der Waals surface area contributed by atoms with Crippen molar-refractivity contribution in [2.75, 3.05) is 6.61 Å². The zero-order valence-corrected chi connectivity index (χ0v) is 13.6. The van der Waals surface area contributed by atoms with Crippen LogP contribution in [0.4, 0.5) is 13.2 Å². The van der Waals surface area contributed by atoms with Gasteiger partial charge in [0.2, 0.25) is 5.78 Å². The molecule has 0 amide bonds. The van der Waals surface area contributed by atoms with Gasteiger partial charge in [0.1, 0.15) is 5.75 Å². The summed E-state index contributed by atoms with van der Waals surface area (Å²) in [5.41, 5.74) is 1.62. The Labute approximate surface area is 147 Å². The monoisotopic (exact) mass is 362 g/mol. The van der Waals surface area contributed by atoms with E-state index >= 15 is 0 Å². The zero-order chi connectivity index (χ0) is 19.2. The molecule has 2 rings (SSSR count). The first kappa shape index (κ1) is 19.1. The zero-order valence-electron chi connectivity index (χ0n) is 13.6. The Bertz CT molecular complexity index is 842. The van der Waals surface area contributed by atoms with Crippen LogP contribution in [0.2, 0.25) is 0 Å². The maximum atomic E-state index is 12.1. The van der Waals surface area contributed by atoms with E-state index < -0.39 is 18.1 Å². The number of Topliss-reactive ketones (excluding diaryl/α,β-unsaturated/α-hetero) is 1. The van der Waals surface area contributed by atoms with Crippen molar-refractivity contribution in [2.24, 2.45) is 0 Å². The Morgan fingerprint density at radius 2 is 1.46 bits per heavy atom. The second kappa shape index (κ2) is 8.21. The van der Waals surface area contributed by atoms with E-state index in [1.807, 2.05) is 0 Å². The highest BCUT2D eigenvalue weighted by Gasteiger charge is 2.30. The molecule has 134 valence electrons. The van der Waals surface area contributed by atoms with Crippen molar-refractivity contribution in [1.82, 2.24) is 0 Å². The topological polar surface area (TPSA) is 52.6 Å². The van der Waals surface area contributed by atoms with Crippen LogP contribution in [0.5, 0.6) is 5.75 Å². The molecule has 0 bridgehead atoms. The summed E-state index contributed by atoms with van der Waals surface area (Å²) in [6, 6.07) is 11.6. The summed E-state index contributed by atoms with van der Waals surface area (Å²) in [6.07, 6.45) is -4.74. The van der Waals surface area contributed by atoms with Crippen molar-refractivity contribution in [3.8, 4) is 28.7 Å². The number of esters is 1. The second-order valence-electron chi connectivity index (χ2n) is 4.95. The van der Waals surface area contributed by atoms with Crippen molar-refractivity contribution in [3.63, 3.8) is 0 Å². The van der Waals surface area contributed by atoms with Gasteiger partial charge in [0.05, 0.1) is 6.61 Å². The van der Waals surface area contributed by atoms with E-state index in [9.17, 15) is 22.8 Å². The smallest absolute Gasteiger partial charge is 0.456 e. The number of rotatable bonds is 4. The number of carbonyl (C=O) groups excluding carboxylic acids is 2. The van der Waals surface area contributed by atoms with Crippen LogP contribution in [0.1, 0.15) is 17.3 Å². The molecule has 0 N–H and O–H groups in total. The molecule has 0 fully saturated rings. The second-order valence-corrected chi connectivity index (χ2v) is 4.95. The molecule has 0 radical (unpaired) electrons. The first-order valence-electron chi connectivity index (χ1n) is 7.48. The molecule has 0 saturated carbocycles. The van der Waals surface area contributed by atoms with Crippen LogP contribution in [-0.2, 0) is 9.53 Å². The third-order valence-electron chi connectivity index (χ3n) is 3.12. The van der Waals surface area contributed by atoms with E-state index in [0.717, 1.165) is 0 Å². The normalized spacial score (nSPS) is 10.5. The molecule has 0 aliphatic rings. The first-order valence-corrected chi connectivity index (χ1v) is 7.48. The number of carbonyl (C=O) groups is 2. The summed E-state index contributed by atoms with van der Waals surface area (Å²) in [4.78, 5) is 23.0. The Morgan fingerprint density at radius 3 is 1.96 bits per heavy atom. The van der Waals surface area contributed by atoms with Crippen LogP contribution in [0.15, 0.2) is 48.5 Å². The lowest BCUT2D eigenvalue weighted by Crippen LogP contribution is -2.16. The Morgan fingerprint density at radius 1 is 0.923 bits per heavy atom. The maximum Gasteiger partial charge on any atom is 0.573 e. The lowest BCUT2D eigenvalue weighted by atomic mass is 10.0. The third-order valence-corrected chi connectivity index (χ3v) is 3.12. The molecule has 0 aliphatic heterocycles. The van der Waals surface area contributed by atoms with Gasteiger partial charge in [-0.05, 0) is 48.2 Å². The fraction of sp³-hybridized carbons (Fsp3) is 0.158. The molecule has 0 aromatic heterocycles. The Balaban J connectivity index is 2.09. The fourth-order valence-electron chi connectivity index (χ4n) is 2.01. The predicted octanol–water partition coefficient (Wildman–Crippen LogP) is 4.00. The lowest BCUT2D eigenvalue weighted by molar-refractivity contribution is -0.274. The molecule has 0 spiro atoms. The molecule has 4 nitrogen and oxygen atoms in total. The predicted molar refractivity (Wildman–Crippen MR) is 87.3 cm³/mol. The number of hydrogen-bond acceptors (Lipinski definition) is 4. The number of hydrogen-bond donors (Lipinski definition) is 0. The maximum absolute atomic E-state index is 12.1. The van der Waals surface area contributed by atoms with Gasteiger partial charge in [-0.1, -0.05) is 24.3 Å². The van der Waals surface area contributed by atoms with Crippen LogP contribution in [0, 0.1) is 11.8 Å². The number of alkyl halides is 3. The van der Waals surface area contributed by atoms with Crippen molar-refractivity contribution in [3.05, 3.63) is 54.1 Å². The molecule has 0 atom stereocenters. The SMILES string of the molecule is CCOC(=O)C#CC(=O)c1ccc(-c2ccc(OC(F)(F)F)cc2)cc1. The van der Waals surface area contributed by atoms with Crippen LogP contribution in [-0.4, -0.2) is 24.7 Å². The van der Waals surface area contributed by atoms with Gasteiger partial charge in [-0.3, -0.25) is 4.79 Å². The summed E-state index contributed by atoms with van der Waals surface area (Å²) >= 11 is 0. The minimum Gasteiger partial charge on any atom is -0.456 e. The van der Waals surface area contributed by atoms with E-state index in [1.54, 1.807) is 19.1 Å². The van der Waals surface area contributed by atoms with E-state index in [0.29, 0.717) is 11.1 Å². The lowest BCUT2D eigenvalue weighted by Gasteiger charge is -2.09. The summed E-state index contributed by atoms with van der Waals surface area (Å²) in [5, 5.41) is 0. The summed E-state index contributed by atoms with van der Waals surface area (Å²) < 4.78 is 44.8. The minimum absolute atomic E-state index is 0.170. The van der Waals surface area contributed by atoms with E-state index in [2.05, 4.69) is 21.3 Å². The van der Waals surface area contributed by atoms with Gasteiger partial charge < -0.3 is 9.47 Å². The fourth-order valence-corrected chi connectivity index (χ4v) is 2.01. The third kappa shape index (κ3) is 5.67. The Hall–Kier alpha value is -3.27. The highest BCUT2D eigenvalue weighted by molar-refractivity contribution is 6.11. The summed E-state index contributed by atoms with van der Waals surface area (Å²) in [6.45, 7) is 1.80. The van der Waals surface area contributed by atoms with Gasteiger partial charge in [0.25, 0.3) is 0 Å². The number of benzene rings is 2. The highest BCUT2D eigenvalue weighted by atomic mass is 19.4. The number of ether oxygens (including phenoxy) is 2. The summed E-state index contributed by atoms with van der Waals surface area (Å²) in [5.74, 6) is 2.63. The van der Waals surface area contributed by atoms with Crippen LogP contribution >= 0.6 is 0 Å². The average molecular weight is 362 g/mol. The van der Waals surface area contributed by atoms with Crippen molar-refractivity contribution < 1.29 is 32.2 Å². The van der Waals surface area contributed by atoms with Crippen molar-refractivity contribution in [2.45, 2.75) is 13.3 Å². The molecule has 0 saturated heterocycles. The van der Waals surface area contributed by atoms with Gasteiger partial charge >= 0.3 is 12.3 Å². The largest absolute Gasteiger partial charge is 0.573 e. The van der Waals surface area contributed by atoms with Gasteiger partial charge in [0.15, 0.2) is 0 Å². The Kier molecular flexibility index (Phi) is 6.02. The van der Waals surface area contributed by atoms with Gasteiger partial charge in [-0.15, -0.1) is 13.2 Å². The molecule has 0 heterocycles. The van der Waals surface area contributed by atoms with Crippen LogP contribution in [0.3, 0.4) is 0 Å². The van der Waals surface area contributed by atoms with Gasteiger partial charge in [-0.2, -0.15) is 0 Å². The molecular weight excluding hydrogens is 349 g/mol. The standard InChI is InChI=1S/C19H13F3O4/c1-2-25-18(24)12-11-17(23)15-5-3-13(4-6-15)14-7-9-16(10-8-14)26-19(20,21)22/h3-10H,2H2,1H3. The van der Waals surface area contributed by atoms with E-state index in [1.165, 1.54) is 36.4 Å². The van der Waals surface area contributed by atoms with Crippen LogP contribution in [0.25, 0.3) is 11.1 Å². The van der Waals surface area contributed by atoms with E-state index in [-0.39, 0.29) is 17.9 Å². The van der Waals surface area contributed by atoms with Crippen molar-refractivity contribution >= 4 is 11.8 Å². The molecule has 0 unspecified atom stereocenters. The molecule has 2 aromatic carbocycles. The van der Waals surface area contributed by atoms with Gasteiger partial charge in [0, 0.05) is 11.5 Å². The van der Waals surface area contributed by atoms with Gasteiger partial charge in [-0.25, -0.2) is 4.79 Å². The molecule has 2 aromatic rings. The molecule has 7 heteroatoms. The average Bonchev–Trinajstić information content (AvgIpc) is 2.59. The molecule has 0 aliphatic carbocycles. The quantitative estimate of drug-likeness (QED) is 0.271. The molecular formula is C19H13F3O4. The number of halogens is 3. The van der Waals surface area contributed by atoms with Crippen LogP contribution < -0.4 is 4.74 Å². The van der Waals surface area contributed by atoms with Crippen molar-refractivity contribution in [1.29, 1.82) is 0 Å².